The minimum atomic E-state index is -0.613. The molecule has 6 nitrogen and oxygen atoms in total. The number of hydrogen-bond donors (Lipinski definition) is 0. The summed E-state index contributed by atoms with van der Waals surface area (Å²) in [5.41, 5.74) is 2.39. The van der Waals surface area contributed by atoms with E-state index in [0.29, 0.717) is 17.8 Å². The number of carbonyl (C=O) groups excluding carboxylic acids is 1. The molecule has 0 radical (unpaired) electrons. The molecule has 3 aromatic rings. The molecular weight excluding hydrogens is 330 g/mol. The van der Waals surface area contributed by atoms with Gasteiger partial charge in [0.2, 0.25) is 0 Å². The molecule has 0 saturated carbocycles. The van der Waals surface area contributed by atoms with Gasteiger partial charge in [-0.25, -0.2) is 9.48 Å². The second-order valence-electron chi connectivity index (χ2n) is 5.45. The molecule has 0 bridgehead atoms. The van der Waals surface area contributed by atoms with Crippen LogP contribution in [0.3, 0.4) is 0 Å². The first-order chi connectivity index (χ1) is 12.7. The minimum Gasteiger partial charge on any atom is -0.497 e. The summed E-state index contributed by atoms with van der Waals surface area (Å²) < 4.78 is 11.9. The first kappa shape index (κ1) is 17.2. The van der Waals surface area contributed by atoms with Crippen molar-refractivity contribution in [1.82, 2.24) is 15.0 Å². The van der Waals surface area contributed by atoms with E-state index in [1.54, 1.807) is 42.3 Å². The van der Waals surface area contributed by atoms with E-state index in [-0.39, 0.29) is 6.61 Å². The predicted molar refractivity (Wildman–Crippen MR) is 95.2 cm³/mol. The quantitative estimate of drug-likeness (QED) is 0.524. The van der Waals surface area contributed by atoms with Crippen LogP contribution in [0.1, 0.15) is 16.8 Å². The molecule has 0 saturated heterocycles. The van der Waals surface area contributed by atoms with E-state index in [4.69, 9.17) is 9.47 Å². The van der Waals surface area contributed by atoms with Crippen molar-refractivity contribution in [2.24, 2.45) is 0 Å². The second kappa shape index (κ2) is 8.49. The van der Waals surface area contributed by atoms with Gasteiger partial charge in [0.25, 0.3) is 0 Å². The first-order valence-electron chi connectivity index (χ1n) is 7.99. The van der Waals surface area contributed by atoms with Crippen molar-refractivity contribution in [3.63, 3.8) is 0 Å². The summed E-state index contributed by atoms with van der Waals surface area (Å²) in [6.45, 7) is 0.643. The van der Waals surface area contributed by atoms with Crippen LogP contribution >= 0.6 is 0 Å². The summed E-state index contributed by atoms with van der Waals surface area (Å²) >= 11 is 0. The number of nitrogens with zero attached hydrogens (tertiary/aromatic N) is 3. The molecule has 2 aromatic carbocycles. The van der Waals surface area contributed by atoms with E-state index in [9.17, 15) is 4.79 Å². The fraction of sp³-hybridized carbons (Fsp3) is 0.150. The maximum absolute atomic E-state index is 11.7. The third-order valence-corrected chi connectivity index (χ3v) is 3.52. The average Bonchev–Trinajstić information content (AvgIpc) is 3.13. The van der Waals surface area contributed by atoms with E-state index in [0.717, 1.165) is 11.3 Å². The van der Waals surface area contributed by atoms with Gasteiger partial charge in [-0.2, -0.15) is 0 Å². The van der Waals surface area contributed by atoms with Crippen molar-refractivity contribution < 1.29 is 14.3 Å². The lowest BCUT2D eigenvalue weighted by Crippen LogP contribution is -2.02. The maximum atomic E-state index is 11.7. The Bertz CT molecular complexity index is 922. The molecule has 3 rings (SSSR count). The molecule has 0 N–H and O–H groups in total. The van der Waals surface area contributed by atoms with Crippen LogP contribution in [0.25, 0.3) is 0 Å². The number of hydrogen-bond acceptors (Lipinski definition) is 5. The van der Waals surface area contributed by atoms with Crippen LogP contribution in [0.5, 0.6) is 5.75 Å². The van der Waals surface area contributed by atoms with Crippen LogP contribution < -0.4 is 4.74 Å². The van der Waals surface area contributed by atoms with E-state index in [1.165, 1.54) is 0 Å². The van der Waals surface area contributed by atoms with Crippen molar-refractivity contribution in [2.45, 2.75) is 13.2 Å². The van der Waals surface area contributed by atoms with Gasteiger partial charge in [0.05, 0.1) is 19.9 Å². The van der Waals surface area contributed by atoms with Crippen molar-refractivity contribution in [1.29, 1.82) is 0 Å². The Balaban J connectivity index is 1.51. The molecule has 0 aliphatic carbocycles. The van der Waals surface area contributed by atoms with Crippen molar-refractivity contribution in [3.8, 4) is 17.6 Å². The lowest BCUT2D eigenvalue weighted by atomic mass is 10.2. The fourth-order valence-corrected chi connectivity index (χ4v) is 2.23. The molecule has 26 heavy (non-hydrogen) atoms. The number of rotatable bonds is 5. The summed E-state index contributed by atoms with van der Waals surface area (Å²) in [5.74, 6) is 5.32. The van der Waals surface area contributed by atoms with Gasteiger partial charge >= 0.3 is 5.97 Å². The highest BCUT2D eigenvalue weighted by atomic mass is 16.5. The van der Waals surface area contributed by atoms with Crippen LogP contribution in [0.2, 0.25) is 0 Å². The lowest BCUT2D eigenvalue weighted by Gasteiger charge is -1.99. The Morgan fingerprint density at radius 3 is 2.62 bits per heavy atom. The zero-order valence-corrected chi connectivity index (χ0v) is 14.3. The van der Waals surface area contributed by atoms with E-state index in [2.05, 4.69) is 22.2 Å². The Morgan fingerprint density at radius 2 is 1.88 bits per heavy atom. The molecule has 0 atom stereocenters. The molecule has 0 fully saturated rings. The monoisotopic (exact) mass is 347 g/mol. The number of methoxy groups -OCH3 is 1. The van der Waals surface area contributed by atoms with E-state index < -0.39 is 5.97 Å². The van der Waals surface area contributed by atoms with Crippen molar-refractivity contribution >= 4 is 5.97 Å². The number of aromatic nitrogens is 3. The van der Waals surface area contributed by atoms with E-state index >= 15 is 0 Å². The summed E-state index contributed by atoms with van der Waals surface area (Å²) in [4.78, 5) is 11.7. The van der Waals surface area contributed by atoms with Crippen molar-refractivity contribution in [2.75, 3.05) is 7.11 Å². The predicted octanol–water partition coefficient (Wildman–Crippen LogP) is 2.43. The third-order valence-electron chi connectivity index (χ3n) is 3.52. The highest BCUT2D eigenvalue weighted by molar-refractivity contribution is 5.89. The molecule has 0 aliphatic rings. The van der Waals surface area contributed by atoms with Gasteiger partial charge in [-0.15, -0.1) is 5.10 Å². The standard InChI is InChI=1S/C20H17N3O3/c1-25-19-10-7-16(8-11-19)9-12-20(24)26-15-18-14-23(22-21-18)13-17-5-3-2-4-6-17/h2-8,10-11,14H,13,15H2,1H3. The van der Waals surface area contributed by atoms with Gasteiger partial charge in [0.15, 0.2) is 0 Å². The SMILES string of the molecule is COc1ccc(C#CC(=O)OCc2cn(Cc3ccccc3)nn2)cc1. The molecular formula is C20H17N3O3. The van der Waals surface area contributed by atoms with Gasteiger partial charge in [0, 0.05) is 11.5 Å². The smallest absolute Gasteiger partial charge is 0.385 e. The third kappa shape index (κ3) is 4.95. The fourth-order valence-electron chi connectivity index (χ4n) is 2.23. The zero-order chi connectivity index (χ0) is 18.2. The topological polar surface area (TPSA) is 66.2 Å². The number of carbonyl (C=O) groups is 1. The Kier molecular flexibility index (Phi) is 5.63. The molecule has 6 heteroatoms. The minimum absolute atomic E-state index is 0.0327. The lowest BCUT2D eigenvalue weighted by molar-refractivity contribution is -0.138. The van der Waals surface area contributed by atoms with Crippen LogP contribution in [-0.2, 0) is 22.7 Å². The molecule has 1 heterocycles. The number of benzene rings is 2. The van der Waals surface area contributed by atoms with Gasteiger partial charge in [-0.3, -0.25) is 0 Å². The van der Waals surface area contributed by atoms with E-state index in [1.807, 2.05) is 30.3 Å². The van der Waals surface area contributed by atoms with Crippen molar-refractivity contribution in [3.05, 3.63) is 77.6 Å². The van der Waals surface area contributed by atoms with Gasteiger partial charge in [-0.05, 0) is 29.8 Å². The molecule has 0 spiro atoms. The van der Waals surface area contributed by atoms with Gasteiger partial charge in [0.1, 0.15) is 18.1 Å². The molecule has 0 amide bonds. The second-order valence-corrected chi connectivity index (χ2v) is 5.45. The van der Waals surface area contributed by atoms with Crippen LogP contribution in [0.15, 0.2) is 60.8 Å². The van der Waals surface area contributed by atoms with Crippen LogP contribution in [0, 0.1) is 11.8 Å². The Labute approximate surface area is 151 Å². The number of ether oxygens (including phenoxy) is 2. The Hall–Kier alpha value is -3.59. The zero-order valence-electron chi connectivity index (χ0n) is 14.3. The van der Waals surface area contributed by atoms with Gasteiger partial charge in [-0.1, -0.05) is 41.5 Å². The molecule has 1 aromatic heterocycles. The van der Waals surface area contributed by atoms with Crippen LogP contribution in [0.4, 0.5) is 0 Å². The highest BCUT2D eigenvalue weighted by Crippen LogP contribution is 2.10. The summed E-state index contributed by atoms with van der Waals surface area (Å²) in [5, 5.41) is 8.02. The first-order valence-corrected chi connectivity index (χ1v) is 7.99. The number of esters is 1. The molecule has 130 valence electrons. The van der Waals surface area contributed by atoms with Crippen LogP contribution in [-0.4, -0.2) is 28.1 Å². The highest BCUT2D eigenvalue weighted by Gasteiger charge is 2.04. The molecule has 0 unspecified atom stereocenters. The average molecular weight is 347 g/mol. The summed E-state index contributed by atoms with van der Waals surface area (Å²) in [6.07, 6.45) is 1.75. The normalized spacial score (nSPS) is 9.88. The summed E-state index contributed by atoms with van der Waals surface area (Å²) in [7, 11) is 1.59. The maximum Gasteiger partial charge on any atom is 0.385 e. The van der Waals surface area contributed by atoms with Gasteiger partial charge < -0.3 is 9.47 Å². The largest absolute Gasteiger partial charge is 0.497 e. The Morgan fingerprint density at radius 1 is 1.12 bits per heavy atom. The molecule has 0 aliphatic heterocycles. The summed E-state index contributed by atoms with van der Waals surface area (Å²) in [6, 6.07) is 17.0.